The minimum atomic E-state index is -4.52. The van der Waals surface area contributed by atoms with Crippen molar-refractivity contribution < 1.29 is 26.7 Å². The van der Waals surface area contributed by atoms with Crippen LogP contribution in [0.1, 0.15) is 17.5 Å². The van der Waals surface area contributed by atoms with Gasteiger partial charge in [-0.2, -0.15) is 13.2 Å². The Morgan fingerprint density at radius 3 is 2.59 bits per heavy atom. The number of benzene rings is 1. The molecule has 2 N–H and O–H groups in total. The highest BCUT2D eigenvalue weighted by atomic mass is 19.4. The number of anilines is 1. The summed E-state index contributed by atoms with van der Waals surface area (Å²) in [6, 6.07) is 3.13. The van der Waals surface area contributed by atoms with Crippen LogP contribution in [0.25, 0.3) is 0 Å². The van der Waals surface area contributed by atoms with Crippen molar-refractivity contribution >= 4 is 5.69 Å². The van der Waals surface area contributed by atoms with E-state index in [1.54, 1.807) is 0 Å². The number of piperidine rings is 1. The van der Waals surface area contributed by atoms with Gasteiger partial charge < -0.3 is 10.5 Å². The number of nitrogens with two attached hydrogens (primary N) is 1. The Kier molecular flexibility index (Phi) is 4.62. The van der Waals surface area contributed by atoms with Crippen LogP contribution in [-0.2, 0) is 17.5 Å². The lowest BCUT2D eigenvalue weighted by atomic mass is 10.0. The van der Waals surface area contributed by atoms with E-state index in [1.807, 2.05) is 0 Å². The Bertz CT molecular complexity index is 532. The van der Waals surface area contributed by atoms with E-state index in [2.05, 4.69) is 0 Å². The van der Waals surface area contributed by atoms with E-state index in [9.17, 15) is 22.0 Å². The number of nitrogens with zero attached hydrogens (tertiary/aromatic N) is 1. The maximum Gasteiger partial charge on any atom is 0.416 e. The molecule has 0 unspecified atom stereocenters. The highest BCUT2D eigenvalue weighted by Crippen LogP contribution is 2.33. The number of rotatable bonds is 3. The molecule has 8 heteroatoms. The Morgan fingerprint density at radius 1 is 1.32 bits per heavy atom. The van der Waals surface area contributed by atoms with Crippen LogP contribution in [0.3, 0.4) is 0 Å². The number of methoxy groups -OCH3 is 1. The Balaban J connectivity index is 2.18. The molecule has 0 aliphatic carbocycles. The third-order valence-electron chi connectivity index (χ3n) is 3.53. The first-order valence-corrected chi connectivity index (χ1v) is 6.69. The third-order valence-corrected chi connectivity index (χ3v) is 3.53. The zero-order chi connectivity index (χ0) is 16.5. The van der Waals surface area contributed by atoms with Gasteiger partial charge in [0.25, 0.3) is 5.92 Å². The van der Waals surface area contributed by atoms with E-state index in [1.165, 1.54) is 18.1 Å². The van der Waals surface area contributed by atoms with Crippen molar-refractivity contribution in [1.29, 1.82) is 0 Å². The molecule has 1 atom stereocenters. The van der Waals surface area contributed by atoms with Gasteiger partial charge in [-0.15, -0.1) is 0 Å². The van der Waals surface area contributed by atoms with Crippen LogP contribution in [0, 0.1) is 0 Å². The van der Waals surface area contributed by atoms with Crippen LogP contribution in [0.4, 0.5) is 27.6 Å². The van der Waals surface area contributed by atoms with Crippen LogP contribution >= 0.6 is 0 Å². The fourth-order valence-corrected chi connectivity index (χ4v) is 2.65. The van der Waals surface area contributed by atoms with E-state index in [0.29, 0.717) is 0 Å². The first-order chi connectivity index (χ1) is 10.1. The van der Waals surface area contributed by atoms with E-state index >= 15 is 0 Å². The van der Waals surface area contributed by atoms with Gasteiger partial charge in [-0.05, 0) is 23.8 Å². The summed E-state index contributed by atoms with van der Waals surface area (Å²) < 4.78 is 70.5. The fraction of sp³-hybridized carbons (Fsp3) is 0.571. The zero-order valence-electron chi connectivity index (χ0n) is 12.0. The highest BCUT2D eigenvalue weighted by Gasteiger charge is 2.40. The van der Waals surface area contributed by atoms with Gasteiger partial charge in [-0.1, -0.05) is 0 Å². The summed E-state index contributed by atoms with van der Waals surface area (Å²) in [5, 5.41) is 0. The molecule has 1 aromatic carbocycles. The average molecular weight is 324 g/mol. The second-order valence-corrected chi connectivity index (χ2v) is 5.55. The van der Waals surface area contributed by atoms with Crippen LogP contribution in [0.2, 0.25) is 0 Å². The molecule has 1 aliphatic heterocycles. The molecule has 0 bridgehead atoms. The summed E-state index contributed by atoms with van der Waals surface area (Å²) >= 11 is 0. The summed E-state index contributed by atoms with van der Waals surface area (Å²) in [7, 11) is 1.34. The first-order valence-electron chi connectivity index (χ1n) is 6.69. The van der Waals surface area contributed by atoms with Crippen LogP contribution in [0.15, 0.2) is 18.2 Å². The minimum Gasteiger partial charge on any atom is -0.399 e. The van der Waals surface area contributed by atoms with Crippen molar-refractivity contribution in [3.63, 3.8) is 0 Å². The zero-order valence-corrected chi connectivity index (χ0v) is 12.0. The van der Waals surface area contributed by atoms with Crippen molar-refractivity contribution in [1.82, 2.24) is 4.90 Å². The SMILES string of the molecule is CO[C@H]1CN(Cc2cc(N)cc(C(F)(F)F)c2)CC(F)(F)C1. The normalized spacial score (nSPS) is 22.7. The third kappa shape index (κ3) is 4.30. The standard InChI is InChI=1S/C14H17F5N2O/c1-22-12-5-13(15,16)8-21(7-12)6-9-2-10(14(17,18)19)4-11(20)3-9/h2-4,12H,5-8,20H2,1H3/t12-/m1/s1. The molecule has 1 aromatic rings. The molecule has 22 heavy (non-hydrogen) atoms. The Morgan fingerprint density at radius 2 is 2.00 bits per heavy atom. The predicted octanol–water partition coefficient (Wildman–Crippen LogP) is 3.14. The Labute approximate surface area is 124 Å². The van der Waals surface area contributed by atoms with Gasteiger partial charge in [0.15, 0.2) is 0 Å². The number of hydrogen-bond donors (Lipinski definition) is 1. The second-order valence-electron chi connectivity index (χ2n) is 5.55. The maximum absolute atomic E-state index is 13.6. The number of ether oxygens (including phenoxy) is 1. The van der Waals surface area contributed by atoms with E-state index < -0.39 is 30.3 Å². The van der Waals surface area contributed by atoms with Crippen molar-refractivity contribution in [2.75, 3.05) is 25.9 Å². The molecular weight excluding hydrogens is 307 g/mol. The van der Waals surface area contributed by atoms with Gasteiger partial charge in [0.1, 0.15) is 0 Å². The number of nitrogen functional groups attached to an aromatic ring is 1. The van der Waals surface area contributed by atoms with Gasteiger partial charge >= 0.3 is 6.18 Å². The quantitative estimate of drug-likeness (QED) is 0.686. The number of alkyl halides is 5. The molecule has 1 saturated heterocycles. The topological polar surface area (TPSA) is 38.5 Å². The van der Waals surface area contributed by atoms with Crippen LogP contribution in [-0.4, -0.2) is 37.1 Å². The second kappa shape index (κ2) is 6.00. The van der Waals surface area contributed by atoms with Gasteiger partial charge in [0.2, 0.25) is 0 Å². The molecule has 124 valence electrons. The fourth-order valence-electron chi connectivity index (χ4n) is 2.65. The molecule has 2 rings (SSSR count). The molecule has 0 saturated carbocycles. The summed E-state index contributed by atoms with van der Waals surface area (Å²) in [4.78, 5) is 1.38. The molecular formula is C14H17F5N2O. The van der Waals surface area contributed by atoms with Gasteiger partial charge in [-0.25, -0.2) is 8.78 Å². The maximum atomic E-state index is 13.6. The first kappa shape index (κ1) is 17.0. The van der Waals surface area contributed by atoms with Crippen molar-refractivity contribution in [3.05, 3.63) is 29.3 Å². The lowest BCUT2D eigenvalue weighted by molar-refractivity contribution is -0.137. The highest BCUT2D eigenvalue weighted by molar-refractivity contribution is 5.45. The smallest absolute Gasteiger partial charge is 0.399 e. The summed E-state index contributed by atoms with van der Waals surface area (Å²) in [6.45, 7) is -0.311. The van der Waals surface area contributed by atoms with Gasteiger partial charge in [0, 0.05) is 32.3 Å². The average Bonchev–Trinajstić information content (AvgIpc) is 2.34. The number of halogens is 5. The largest absolute Gasteiger partial charge is 0.416 e. The van der Waals surface area contributed by atoms with Crippen LogP contribution in [0.5, 0.6) is 0 Å². The number of likely N-dealkylation sites (tertiary alicyclic amines) is 1. The lowest BCUT2D eigenvalue weighted by Crippen LogP contribution is -2.49. The van der Waals surface area contributed by atoms with E-state index in [4.69, 9.17) is 10.5 Å². The molecule has 1 aliphatic rings. The molecule has 0 amide bonds. The van der Waals surface area contributed by atoms with Crippen molar-refractivity contribution in [2.45, 2.75) is 31.2 Å². The molecule has 0 spiro atoms. The van der Waals surface area contributed by atoms with Crippen molar-refractivity contribution in [3.8, 4) is 0 Å². The summed E-state index contributed by atoms with van der Waals surface area (Å²) in [6.07, 6.45) is -5.55. The summed E-state index contributed by atoms with van der Waals surface area (Å²) in [5.74, 6) is -2.92. The Hall–Kier alpha value is -1.41. The van der Waals surface area contributed by atoms with Gasteiger partial charge in [0.05, 0.1) is 18.2 Å². The lowest BCUT2D eigenvalue weighted by Gasteiger charge is -2.37. The monoisotopic (exact) mass is 324 g/mol. The van der Waals surface area contributed by atoms with Crippen molar-refractivity contribution in [2.24, 2.45) is 0 Å². The van der Waals surface area contributed by atoms with E-state index in [0.717, 1.165) is 12.1 Å². The number of hydrogen-bond acceptors (Lipinski definition) is 3. The van der Waals surface area contributed by atoms with Crippen LogP contribution < -0.4 is 5.73 Å². The van der Waals surface area contributed by atoms with Gasteiger partial charge in [-0.3, -0.25) is 4.90 Å². The molecule has 3 nitrogen and oxygen atoms in total. The molecule has 1 heterocycles. The minimum absolute atomic E-state index is 0.0381. The van der Waals surface area contributed by atoms with E-state index in [-0.39, 0.29) is 30.8 Å². The molecule has 1 fully saturated rings. The molecule has 0 aromatic heterocycles. The predicted molar refractivity (Wildman–Crippen MR) is 71.5 cm³/mol. The molecule has 0 radical (unpaired) electrons. The summed E-state index contributed by atoms with van der Waals surface area (Å²) in [5.41, 5.74) is 4.80.